The summed E-state index contributed by atoms with van der Waals surface area (Å²) in [6, 6.07) is 18.4. The maximum atomic E-state index is 13.7. The van der Waals surface area contributed by atoms with Gasteiger partial charge in [-0.25, -0.2) is 14.6 Å². The van der Waals surface area contributed by atoms with Crippen molar-refractivity contribution in [2.24, 2.45) is 0 Å². The SMILES string of the molecule is COc1cnc(-n2cnc(C)n2)c2[nH]cc(C(=O)C(=O)N3CCc4c(c5ccccc5n4-c4ccccc4)C3)c12. The second kappa shape index (κ2) is 9.19. The number of nitrogens with one attached hydrogen (secondary N) is 1. The molecule has 2 aromatic carbocycles. The molecule has 198 valence electrons. The first-order valence-corrected chi connectivity index (χ1v) is 13.0. The molecule has 0 saturated carbocycles. The molecule has 0 spiro atoms. The number of pyridine rings is 1. The fourth-order valence-corrected chi connectivity index (χ4v) is 5.67. The number of fused-ring (bicyclic) bond motifs is 4. The molecule has 4 aromatic heterocycles. The van der Waals surface area contributed by atoms with Gasteiger partial charge in [-0.15, -0.1) is 0 Å². The second-order valence-corrected chi connectivity index (χ2v) is 9.76. The summed E-state index contributed by atoms with van der Waals surface area (Å²) in [7, 11) is 1.51. The van der Waals surface area contributed by atoms with E-state index in [1.165, 1.54) is 18.0 Å². The first-order chi connectivity index (χ1) is 19.5. The third-order valence-electron chi connectivity index (χ3n) is 7.49. The first-order valence-electron chi connectivity index (χ1n) is 13.0. The molecule has 0 atom stereocenters. The Hall–Kier alpha value is -5.25. The number of para-hydroxylation sites is 2. The molecule has 5 heterocycles. The van der Waals surface area contributed by atoms with E-state index in [9.17, 15) is 9.59 Å². The number of carbonyl (C=O) groups excluding carboxylic acids is 2. The molecule has 0 unspecified atom stereocenters. The quantitative estimate of drug-likeness (QED) is 0.264. The van der Waals surface area contributed by atoms with E-state index in [2.05, 4.69) is 48.9 Å². The molecular formula is C30H25N7O3. The van der Waals surface area contributed by atoms with Crippen molar-refractivity contribution in [2.75, 3.05) is 13.7 Å². The number of amides is 1. The number of rotatable bonds is 5. The number of hydrogen-bond acceptors (Lipinski definition) is 6. The number of H-pyrrole nitrogens is 1. The van der Waals surface area contributed by atoms with Crippen molar-refractivity contribution < 1.29 is 14.3 Å². The molecule has 10 nitrogen and oxygen atoms in total. The van der Waals surface area contributed by atoms with Gasteiger partial charge >= 0.3 is 0 Å². The minimum Gasteiger partial charge on any atom is -0.494 e. The van der Waals surface area contributed by atoms with Gasteiger partial charge in [-0.1, -0.05) is 36.4 Å². The van der Waals surface area contributed by atoms with Crippen LogP contribution in [0.25, 0.3) is 33.3 Å². The zero-order valence-electron chi connectivity index (χ0n) is 22.0. The van der Waals surface area contributed by atoms with E-state index in [-0.39, 0.29) is 5.56 Å². The van der Waals surface area contributed by atoms with Crippen LogP contribution in [0, 0.1) is 6.92 Å². The fraction of sp³-hybridized carbons (Fsp3) is 0.167. The van der Waals surface area contributed by atoms with E-state index in [0.717, 1.165) is 27.8 Å². The third kappa shape index (κ3) is 3.60. The Kier molecular flexibility index (Phi) is 5.48. The lowest BCUT2D eigenvalue weighted by Crippen LogP contribution is -2.40. The molecule has 0 aliphatic carbocycles. The van der Waals surface area contributed by atoms with Crippen LogP contribution in [-0.2, 0) is 17.8 Å². The van der Waals surface area contributed by atoms with E-state index in [1.54, 1.807) is 24.3 Å². The smallest absolute Gasteiger partial charge is 0.295 e. The Morgan fingerprint density at radius 1 is 1.02 bits per heavy atom. The van der Waals surface area contributed by atoms with Crippen molar-refractivity contribution >= 4 is 33.5 Å². The summed E-state index contributed by atoms with van der Waals surface area (Å²) in [6.07, 6.45) is 5.25. The molecule has 0 saturated heterocycles. The third-order valence-corrected chi connectivity index (χ3v) is 7.49. The van der Waals surface area contributed by atoms with Crippen LogP contribution in [0.4, 0.5) is 0 Å². The van der Waals surface area contributed by atoms with Gasteiger partial charge in [0.2, 0.25) is 0 Å². The van der Waals surface area contributed by atoms with Crippen LogP contribution in [0.15, 0.2) is 73.3 Å². The summed E-state index contributed by atoms with van der Waals surface area (Å²) in [6.45, 7) is 2.57. The van der Waals surface area contributed by atoms with Crippen molar-refractivity contribution in [3.05, 3.63) is 96.0 Å². The molecule has 0 radical (unpaired) electrons. The zero-order valence-corrected chi connectivity index (χ0v) is 22.0. The van der Waals surface area contributed by atoms with Crippen LogP contribution in [0.1, 0.15) is 27.4 Å². The van der Waals surface area contributed by atoms with Crippen molar-refractivity contribution in [1.82, 2.24) is 34.2 Å². The highest BCUT2D eigenvalue weighted by Crippen LogP contribution is 2.35. The van der Waals surface area contributed by atoms with Gasteiger partial charge in [0.15, 0.2) is 5.82 Å². The van der Waals surface area contributed by atoms with E-state index in [1.807, 2.05) is 30.3 Å². The topological polar surface area (TPSA) is 111 Å². The van der Waals surface area contributed by atoms with Crippen LogP contribution in [-0.4, -0.2) is 59.5 Å². The number of aryl methyl sites for hydroxylation is 1. The van der Waals surface area contributed by atoms with Crippen LogP contribution < -0.4 is 4.74 Å². The Labute approximate surface area is 228 Å². The monoisotopic (exact) mass is 531 g/mol. The Morgan fingerprint density at radius 3 is 2.60 bits per heavy atom. The van der Waals surface area contributed by atoms with Crippen LogP contribution >= 0.6 is 0 Å². The number of benzene rings is 2. The van der Waals surface area contributed by atoms with Crippen molar-refractivity contribution in [2.45, 2.75) is 19.9 Å². The molecule has 0 fully saturated rings. The van der Waals surface area contributed by atoms with Crippen molar-refractivity contribution in [3.63, 3.8) is 0 Å². The van der Waals surface area contributed by atoms with Crippen LogP contribution in [0.2, 0.25) is 0 Å². The number of aromatic amines is 1. The lowest BCUT2D eigenvalue weighted by Gasteiger charge is -2.28. The summed E-state index contributed by atoms with van der Waals surface area (Å²) in [4.78, 5) is 40.8. The molecule has 0 bridgehead atoms. The molecule has 1 aliphatic rings. The van der Waals surface area contributed by atoms with Crippen molar-refractivity contribution in [1.29, 1.82) is 0 Å². The average Bonchev–Trinajstić information content (AvgIpc) is 3.72. The summed E-state index contributed by atoms with van der Waals surface area (Å²) in [5.74, 6) is 0.271. The number of methoxy groups -OCH3 is 1. The summed E-state index contributed by atoms with van der Waals surface area (Å²) >= 11 is 0. The number of carbonyl (C=O) groups is 2. The molecule has 10 heteroatoms. The fourth-order valence-electron chi connectivity index (χ4n) is 5.67. The van der Waals surface area contributed by atoms with Crippen LogP contribution in [0.5, 0.6) is 5.75 Å². The van der Waals surface area contributed by atoms with E-state index < -0.39 is 11.7 Å². The molecule has 7 rings (SSSR count). The number of ketones is 1. The minimum absolute atomic E-state index is 0.231. The highest BCUT2D eigenvalue weighted by atomic mass is 16.5. The van der Waals surface area contributed by atoms with Gasteiger partial charge in [-0.3, -0.25) is 9.59 Å². The maximum absolute atomic E-state index is 13.7. The molecule has 40 heavy (non-hydrogen) atoms. The van der Waals surface area contributed by atoms with E-state index in [4.69, 9.17) is 4.74 Å². The van der Waals surface area contributed by atoms with E-state index in [0.29, 0.717) is 47.8 Å². The lowest BCUT2D eigenvalue weighted by atomic mass is 10.0. The number of Topliss-reactive ketones (excluding diaryl/α,β-unsaturated/α-hetero) is 1. The molecule has 1 N–H and O–H groups in total. The number of aromatic nitrogens is 6. The summed E-state index contributed by atoms with van der Waals surface area (Å²) < 4.78 is 9.32. The first kappa shape index (κ1) is 23.8. The highest BCUT2D eigenvalue weighted by Gasteiger charge is 2.32. The average molecular weight is 532 g/mol. The van der Waals surface area contributed by atoms with Crippen molar-refractivity contribution in [3.8, 4) is 17.3 Å². The normalized spacial score (nSPS) is 13.1. The highest BCUT2D eigenvalue weighted by molar-refractivity contribution is 6.45. The zero-order chi connectivity index (χ0) is 27.4. The Bertz CT molecular complexity index is 1930. The van der Waals surface area contributed by atoms with Gasteiger partial charge in [-0.05, 0) is 25.1 Å². The lowest BCUT2D eigenvalue weighted by molar-refractivity contribution is -0.127. The largest absolute Gasteiger partial charge is 0.494 e. The molecular weight excluding hydrogens is 506 g/mol. The predicted octanol–water partition coefficient (Wildman–Crippen LogP) is 4.17. The Balaban J connectivity index is 1.26. The number of hydrogen-bond donors (Lipinski definition) is 1. The van der Waals surface area contributed by atoms with E-state index >= 15 is 0 Å². The predicted molar refractivity (Wildman–Crippen MR) is 149 cm³/mol. The second-order valence-electron chi connectivity index (χ2n) is 9.76. The van der Waals surface area contributed by atoms with Gasteiger partial charge < -0.3 is 19.2 Å². The molecule has 1 aliphatic heterocycles. The number of ether oxygens (including phenoxy) is 1. The van der Waals surface area contributed by atoms with Gasteiger partial charge in [0, 0.05) is 48.0 Å². The molecule has 6 aromatic rings. The van der Waals surface area contributed by atoms with Gasteiger partial charge in [0.05, 0.1) is 35.3 Å². The summed E-state index contributed by atoms with van der Waals surface area (Å²) in [5.41, 5.74) is 5.16. The number of nitrogens with zero attached hydrogens (tertiary/aromatic N) is 6. The Morgan fingerprint density at radius 2 is 1.82 bits per heavy atom. The van der Waals surface area contributed by atoms with Crippen LogP contribution in [0.3, 0.4) is 0 Å². The minimum atomic E-state index is -0.605. The summed E-state index contributed by atoms with van der Waals surface area (Å²) in [5, 5.41) is 5.91. The van der Waals surface area contributed by atoms with Gasteiger partial charge in [0.1, 0.15) is 17.9 Å². The molecule has 1 amide bonds. The van der Waals surface area contributed by atoms with Gasteiger partial charge in [0.25, 0.3) is 11.7 Å². The van der Waals surface area contributed by atoms with Gasteiger partial charge in [-0.2, -0.15) is 5.10 Å². The standard InChI is InChI=1S/C30H25N7O3/c1-18-33-17-36(34-18)29-27-26(25(40-2)15-32-29)21(14-31-27)28(38)30(39)35-13-12-24-22(16-35)20-10-6-7-11-23(20)37(24)19-8-4-3-5-9-19/h3-11,14-15,17,31H,12-13,16H2,1-2H3. The maximum Gasteiger partial charge on any atom is 0.295 e.